The highest BCUT2D eigenvalue weighted by molar-refractivity contribution is 5.97. The normalized spacial score (nSPS) is 14.7. The number of fused-ring (bicyclic) bond motifs is 1. The first-order valence-corrected chi connectivity index (χ1v) is 5.00. The second-order valence-corrected chi connectivity index (χ2v) is 3.60. The minimum atomic E-state index is -0.101. The van der Waals surface area contributed by atoms with Crippen molar-refractivity contribution in [1.29, 1.82) is 0 Å². The number of benzene rings is 1. The van der Waals surface area contributed by atoms with Crippen molar-refractivity contribution in [3.05, 3.63) is 17.7 Å². The van der Waals surface area contributed by atoms with Crippen LogP contribution in [-0.2, 0) is 11.2 Å². The third-order valence-corrected chi connectivity index (χ3v) is 2.70. The summed E-state index contributed by atoms with van der Waals surface area (Å²) in [6.07, 6.45) is 1.08. The summed E-state index contributed by atoms with van der Waals surface area (Å²) in [4.78, 5) is 11.5. The molecule has 1 amide bonds. The lowest BCUT2D eigenvalue weighted by molar-refractivity contribution is -0.119. The number of hydrogen-bond acceptors (Lipinski definition) is 4. The molecule has 0 saturated heterocycles. The average molecular weight is 222 g/mol. The highest BCUT2D eigenvalue weighted by Gasteiger charge is 2.26. The van der Waals surface area contributed by atoms with Gasteiger partial charge in [0, 0.05) is 12.5 Å². The van der Waals surface area contributed by atoms with E-state index in [0.29, 0.717) is 30.0 Å². The largest absolute Gasteiger partial charge is 0.497 e. The fourth-order valence-corrected chi connectivity index (χ4v) is 1.86. The van der Waals surface area contributed by atoms with Crippen molar-refractivity contribution < 1.29 is 14.3 Å². The topological polar surface area (TPSA) is 64.8 Å². The summed E-state index contributed by atoms with van der Waals surface area (Å²) in [5, 5.41) is 1.15. The van der Waals surface area contributed by atoms with E-state index in [9.17, 15) is 4.79 Å². The van der Waals surface area contributed by atoms with Crippen LogP contribution >= 0.6 is 0 Å². The minimum Gasteiger partial charge on any atom is -0.497 e. The van der Waals surface area contributed by atoms with Crippen LogP contribution in [0.5, 0.6) is 11.5 Å². The van der Waals surface area contributed by atoms with E-state index in [1.165, 1.54) is 0 Å². The number of ether oxygens (including phenoxy) is 2. The number of carbonyl (C=O) groups excluding carboxylic acids is 1. The monoisotopic (exact) mass is 222 g/mol. The van der Waals surface area contributed by atoms with Gasteiger partial charge in [0.25, 0.3) is 0 Å². The Bertz CT molecular complexity index is 414. The van der Waals surface area contributed by atoms with Crippen molar-refractivity contribution in [2.75, 3.05) is 19.2 Å². The minimum absolute atomic E-state index is 0.101. The zero-order chi connectivity index (χ0) is 11.7. The number of nitrogens with two attached hydrogens (primary N) is 1. The number of carbonyl (C=O) groups is 1. The van der Waals surface area contributed by atoms with Crippen LogP contribution in [-0.4, -0.2) is 20.1 Å². The lowest BCUT2D eigenvalue weighted by Gasteiger charge is -2.27. The van der Waals surface area contributed by atoms with Crippen molar-refractivity contribution in [2.24, 2.45) is 5.84 Å². The maximum Gasteiger partial charge on any atom is 0.241 e. The van der Waals surface area contributed by atoms with Crippen LogP contribution in [0.2, 0.25) is 0 Å². The summed E-state index contributed by atoms with van der Waals surface area (Å²) >= 11 is 0. The van der Waals surface area contributed by atoms with E-state index >= 15 is 0 Å². The molecule has 0 saturated carbocycles. The number of aryl methyl sites for hydroxylation is 1. The number of methoxy groups -OCH3 is 2. The molecule has 0 bridgehead atoms. The summed E-state index contributed by atoms with van der Waals surface area (Å²) in [7, 11) is 3.14. The standard InChI is InChI=1S/C11H14N2O3/c1-15-8-5-7-3-4-10(14)13(12)11(7)9(6-8)16-2/h5-6H,3-4,12H2,1-2H3. The van der Waals surface area contributed by atoms with Gasteiger partial charge in [-0.25, -0.2) is 10.9 Å². The molecule has 0 atom stereocenters. The molecule has 16 heavy (non-hydrogen) atoms. The predicted octanol–water partition coefficient (Wildman–Crippen LogP) is 0.857. The molecule has 1 heterocycles. The van der Waals surface area contributed by atoms with Gasteiger partial charge in [0.1, 0.15) is 17.2 Å². The van der Waals surface area contributed by atoms with Gasteiger partial charge in [-0.05, 0) is 18.1 Å². The molecule has 86 valence electrons. The zero-order valence-corrected chi connectivity index (χ0v) is 9.32. The number of hydrazine groups is 1. The van der Waals surface area contributed by atoms with E-state index in [0.717, 1.165) is 10.6 Å². The molecule has 5 heteroatoms. The maximum absolute atomic E-state index is 11.5. The van der Waals surface area contributed by atoms with Crippen LogP contribution in [0.4, 0.5) is 5.69 Å². The van der Waals surface area contributed by atoms with Crippen molar-refractivity contribution >= 4 is 11.6 Å². The first-order valence-electron chi connectivity index (χ1n) is 5.00. The molecule has 0 aromatic heterocycles. The zero-order valence-electron chi connectivity index (χ0n) is 9.32. The van der Waals surface area contributed by atoms with E-state index in [1.807, 2.05) is 6.07 Å². The Morgan fingerprint density at radius 1 is 1.25 bits per heavy atom. The van der Waals surface area contributed by atoms with Gasteiger partial charge in [0.2, 0.25) is 5.91 Å². The number of rotatable bonds is 2. The van der Waals surface area contributed by atoms with Crippen LogP contribution in [0.1, 0.15) is 12.0 Å². The van der Waals surface area contributed by atoms with Gasteiger partial charge in [0.05, 0.1) is 14.2 Å². The molecular formula is C11H14N2O3. The van der Waals surface area contributed by atoms with Gasteiger partial charge in [0.15, 0.2) is 0 Å². The Hall–Kier alpha value is -1.75. The van der Waals surface area contributed by atoms with Gasteiger partial charge in [-0.1, -0.05) is 0 Å². The fourth-order valence-electron chi connectivity index (χ4n) is 1.86. The molecule has 0 spiro atoms. The van der Waals surface area contributed by atoms with E-state index in [2.05, 4.69) is 0 Å². The van der Waals surface area contributed by atoms with Crippen LogP contribution in [0.25, 0.3) is 0 Å². The van der Waals surface area contributed by atoms with E-state index in [-0.39, 0.29) is 5.91 Å². The van der Waals surface area contributed by atoms with Gasteiger partial charge in [-0.2, -0.15) is 0 Å². The number of nitrogens with zero attached hydrogens (tertiary/aromatic N) is 1. The summed E-state index contributed by atoms with van der Waals surface area (Å²) in [6.45, 7) is 0. The molecule has 2 rings (SSSR count). The first-order chi connectivity index (χ1) is 7.67. The molecule has 1 aliphatic heterocycles. The smallest absolute Gasteiger partial charge is 0.241 e. The Balaban J connectivity index is 2.56. The van der Waals surface area contributed by atoms with E-state index in [4.69, 9.17) is 15.3 Å². The number of anilines is 1. The lowest BCUT2D eigenvalue weighted by Crippen LogP contribution is -2.41. The highest BCUT2D eigenvalue weighted by atomic mass is 16.5. The molecule has 1 aliphatic rings. The van der Waals surface area contributed by atoms with Gasteiger partial charge in [-0.15, -0.1) is 0 Å². The Labute approximate surface area is 93.7 Å². The molecule has 2 N–H and O–H groups in total. The lowest BCUT2D eigenvalue weighted by atomic mass is 10.0. The average Bonchev–Trinajstić information content (AvgIpc) is 2.32. The van der Waals surface area contributed by atoms with Gasteiger partial charge < -0.3 is 9.47 Å². The summed E-state index contributed by atoms with van der Waals surface area (Å²) < 4.78 is 10.4. The second kappa shape index (κ2) is 4.02. The van der Waals surface area contributed by atoms with E-state index < -0.39 is 0 Å². The molecule has 5 nitrogen and oxygen atoms in total. The van der Waals surface area contributed by atoms with Crippen LogP contribution in [0.15, 0.2) is 12.1 Å². The molecule has 0 aliphatic carbocycles. The Kier molecular flexibility index (Phi) is 2.70. The summed E-state index contributed by atoms with van der Waals surface area (Å²) in [6, 6.07) is 3.60. The van der Waals surface area contributed by atoms with Crippen LogP contribution in [0, 0.1) is 0 Å². The SMILES string of the molecule is COc1cc2c(c(OC)c1)N(N)C(=O)CC2. The van der Waals surface area contributed by atoms with Crippen molar-refractivity contribution in [1.82, 2.24) is 0 Å². The predicted molar refractivity (Wildman–Crippen MR) is 59.5 cm³/mol. The van der Waals surface area contributed by atoms with E-state index in [1.54, 1.807) is 20.3 Å². The maximum atomic E-state index is 11.5. The molecule has 1 aromatic rings. The molecule has 0 radical (unpaired) electrons. The quantitative estimate of drug-likeness (QED) is 0.595. The first kappa shape index (κ1) is 10.8. The fraction of sp³-hybridized carbons (Fsp3) is 0.364. The molecule has 0 fully saturated rings. The third kappa shape index (κ3) is 1.59. The van der Waals surface area contributed by atoms with Crippen molar-refractivity contribution in [3.63, 3.8) is 0 Å². The molecule has 1 aromatic carbocycles. The third-order valence-electron chi connectivity index (χ3n) is 2.70. The van der Waals surface area contributed by atoms with Gasteiger partial charge in [-0.3, -0.25) is 4.79 Å². The summed E-state index contributed by atoms with van der Waals surface area (Å²) in [5.74, 6) is 6.89. The number of hydrogen-bond donors (Lipinski definition) is 1. The van der Waals surface area contributed by atoms with Crippen molar-refractivity contribution in [2.45, 2.75) is 12.8 Å². The highest BCUT2D eigenvalue weighted by Crippen LogP contribution is 2.38. The van der Waals surface area contributed by atoms with Crippen LogP contribution < -0.4 is 20.3 Å². The second-order valence-electron chi connectivity index (χ2n) is 3.60. The molecular weight excluding hydrogens is 208 g/mol. The Morgan fingerprint density at radius 2 is 2.00 bits per heavy atom. The Morgan fingerprint density at radius 3 is 2.62 bits per heavy atom. The summed E-state index contributed by atoms with van der Waals surface area (Å²) in [5.41, 5.74) is 1.61. The number of amides is 1. The molecule has 0 unspecified atom stereocenters. The van der Waals surface area contributed by atoms with Crippen LogP contribution in [0.3, 0.4) is 0 Å². The van der Waals surface area contributed by atoms with Gasteiger partial charge >= 0.3 is 0 Å². The van der Waals surface area contributed by atoms with Crippen molar-refractivity contribution in [3.8, 4) is 11.5 Å².